The van der Waals surface area contributed by atoms with Crippen molar-refractivity contribution in [3.63, 3.8) is 0 Å². The molecule has 1 fully saturated rings. The van der Waals surface area contributed by atoms with Crippen molar-refractivity contribution in [1.29, 1.82) is 0 Å². The van der Waals surface area contributed by atoms with Crippen LogP contribution in [0.1, 0.15) is 6.42 Å². The fourth-order valence-electron chi connectivity index (χ4n) is 2.06. The summed E-state index contributed by atoms with van der Waals surface area (Å²) in [6.07, 6.45) is 0.717. The minimum absolute atomic E-state index is 0.0417. The van der Waals surface area contributed by atoms with Gasteiger partial charge in [0.2, 0.25) is 20.0 Å². The second kappa shape index (κ2) is 6.01. The van der Waals surface area contributed by atoms with E-state index < -0.39 is 20.0 Å². The number of hydrogen-bond acceptors (Lipinski definition) is 5. The van der Waals surface area contributed by atoms with E-state index in [2.05, 4.69) is 10.0 Å². The van der Waals surface area contributed by atoms with Gasteiger partial charge in [0.1, 0.15) is 0 Å². The summed E-state index contributed by atoms with van der Waals surface area (Å²) in [4.78, 5) is -0.0859. The molecule has 0 bridgehead atoms. The van der Waals surface area contributed by atoms with Crippen molar-refractivity contribution in [2.45, 2.75) is 22.3 Å². The second-order valence-corrected chi connectivity index (χ2v) is 8.94. The van der Waals surface area contributed by atoms with Gasteiger partial charge in [-0.25, -0.2) is 25.9 Å². The summed E-state index contributed by atoms with van der Waals surface area (Å²) in [6.45, 7) is 1.34. The van der Waals surface area contributed by atoms with Crippen LogP contribution in [0.2, 0.25) is 0 Å². The van der Waals surface area contributed by atoms with Crippen LogP contribution < -0.4 is 10.0 Å². The van der Waals surface area contributed by atoms with E-state index in [9.17, 15) is 16.8 Å². The monoisotopic (exact) mass is 333 g/mol. The first-order valence-corrected chi connectivity index (χ1v) is 9.41. The largest absolute Gasteiger partial charge is 0.315 e. The minimum Gasteiger partial charge on any atom is -0.315 e. The Hall–Kier alpha value is -1.00. The van der Waals surface area contributed by atoms with E-state index >= 15 is 0 Å². The van der Waals surface area contributed by atoms with Crippen molar-refractivity contribution >= 4 is 20.0 Å². The van der Waals surface area contributed by atoms with Crippen LogP contribution in [0.15, 0.2) is 34.1 Å². The van der Waals surface area contributed by atoms with Crippen LogP contribution in [-0.4, -0.2) is 54.4 Å². The molecule has 1 aliphatic rings. The molecule has 1 unspecified atom stereocenters. The third kappa shape index (κ3) is 3.61. The number of nitrogens with one attached hydrogen (secondary N) is 2. The molecule has 1 saturated heterocycles. The Morgan fingerprint density at radius 3 is 2.43 bits per heavy atom. The van der Waals surface area contributed by atoms with Gasteiger partial charge in [0.25, 0.3) is 0 Å². The standard InChI is InChI=1S/C12H19N3O4S2/c1-15(2)21(18,19)12-5-3-4-11(8-12)20(16,17)14-10-6-7-13-9-10/h3-5,8,10,13-14H,6-7,9H2,1-2H3. The zero-order valence-corrected chi connectivity index (χ0v) is 13.5. The molecular formula is C12H19N3O4S2. The van der Waals surface area contributed by atoms with Crippen molar-refractivity contribution in [1.82, 2.24) is 14.3 Å². The lowest BCUT2D eigenvalue weighted by molar-refractivity contribution is 0.520. The van der Waals surface area contributed by atoms with Crippen LogP contribution in [0, 0.1) is 0 Å². The maximum atomic E-state index is 12.3. The maximum Gasteiger partial charge on any atom is 0.242 e. The molecular weight excluding hydrogens is 314 g/mol. The molecule has 0 spiro atoms. The van der Waals surface area contributed by atoms with Gasteiger partial charge in [0.05, 0.1) is 9.79 Å². The molecule has 7 nitrogen and oxygen atoms in total. The first kappa shape index (κ1) is 16.4. The second-order valence-electron chi connectivity index (χ2n) is 5.07. The summed E-state index contributed by atoms with van der Waals surface area (Å²) in [5.41, 5.74) is 0. The smallest absolute Gasteiger partial charge is 0.242 e. The van der Waals surface area contributed by atoms with Gasteiger partial charge in [0.15, 0.2) is 0 Å². The van der Waals surface area contributed by atoms with Crippen LogP contribution in [0.4, 0.5) is 0 Å². The Balaban J connectivity index is 2.32. The van der Waals surface area contributed by atoms with Gasteiger partial charge in [-0.1, -0.05) is 6.07 Å². The highest BCUT2D eigenvalue weighted by Crippen LogP contribution is 2.18. The summed E-state index contributed by atoms with van der Waals surface area (Å²) in [7, 11) is -4.58. The highest BCUT2D eigenvalue weighted by atomic mass is 32.2. The summed E-state index contributed by atoms with van der Waals surface area (Å²) in [5, 5.41) is 3.07. The highest BCUT2D eigenvalue weighted by Gasteiger charge is 2.25. The molecule has 21 heavy (non-hydrogen) atoms. The van der Waals surface area contributed by atoms with E-state index in [1.54, 1.807) is 0 Å². The van der Waals surface area contributed by atoms with E-state index in [4.69, 9.17) is 0 Å². The van der Waals surface area contributed by atoms with E-state index in [-0.39, 0.29) is 15.8 Å². The third-order valence-electron chi connectivity index (χ3n) is 3.28. The van der Waals surface area contributed by atoms with Crippen LogP contribution >= 0.6 is 0 Å². The van der Waals surface area contributed by atoms with E-state index in [1.165, 1.54) is 38.4 Å². The van der Waals surface area contributed by atoms with E-state index in [1.807, 2.05) is 0 Å². The molecule has 0 aliphatic carbocycles. The quantitative estimate of drug-likeness (QED) is 0.763. The Morgan fingerprint density at radius 2 is 1.86 bits per heavy atom. The van der Waals surface area contributed by atoms with Gasteiger partial charge in [-0.05, 0) is 31.2 Å². The van der Waals surface area contributed by atoms with Gasteiger partial charge >= 0.3 is 0 Å². The average molecular weight is 333 g/mol. The van der Waals surface area contributed by atoms with Gasteiger partial charge in [0, 0.05) is 26.7 Å². The van der Waals surface area contributed by atoms with Crippen LogP contribution in [-0.2, 0) is 20.0 Å². The Bertz CT molecular complexity index is 708. The molecule has 0 saturated carbocycles. The minimum atomic E-state index is -3.73. The number of hydrogen-bond donors (Lipinski definition) is 2. The molecule has 2 N–H and O–H groups in total. The summed E-state index contributed by atoms with van der Waals surface area (Å²) >= 11 is 0. The highest BCUT2D eigenvalue weighted by molar-refractivity contribution is 7.90. The normalized spacial score (nSPS) is 20.0. The number of benzene rings is 1. The lowest BCUT2D eigenvalue weighted by atomic mass is 10.3. The Labute approximate surface area is 125 Å². The van der Waals surface area contributed by atoms with Gasteiger partial charge in [-0.2, -0.15) is 0 Å². The van der Waals surface area contributed by atoms with E-state index in [0.29, 0.717) is 6.54 Å². The fourth-order valence-corrected chi connectivity index (χ4v) is 4.39. The van der Waals surface area contributed by atoms with E-state index in [0.717, 1.165) is 17.3 Å². The summed E-state index contributed by atoms with van der Waals surface area (Å²) in [5.74, 6) is 0. The van der Waals surface area contributed by atoms with Crippen molar-refractivity contribution in [2.24, 2.45) is 0 Å². The zero-order chi connectivity index (χ0) is 15.7. The van der Waals surface area contributed by atoms with Gasteiger partial charge in [-0.3, -0.25) is 0 Å². The molecule has 1 aromatic carbocycles. The fraction of sp³-hybridized carbons (Fsp3) is 0.500. The summed E-state index contributed by atoms with van der Waals surface area (Å²) in [6, 6.07) is 5.21. The first-order chi connectivity index (χ1) is 9.73. The first-order valence-electron chi connectivity index (χ1n) is 6.49. The molecule has 9 heteroatoms. The molecule has 0 amide bonds. The van der Waals surface area contributed by atoms with Crippen molar-refractivity contribution in [3.8, 4) is 0 Å². The van der Waals surface area contributed by atoms with Crippen LogP contribution in [0.25, 0.3) is 0 Å². The molecule has 1 heterocycles. The van der Waals surface area contributed by atoms with Crippen molar-refractivity contribution in [2.75, 3.05) is 27.2 Å². The van der Waals surface area contributed by atoms with Crippen LogP contribution in [0.5, 0.6) is 0 Å². The summed E-state index contributed by atoms with van der Waals surface area (Å²) < 4.78 is 52.3. The zero-order valence-electron chi connectivity index (χ0n) is 11.9. The molecule has 0 aromatic heterocycles. The van der Waals surface area contributed by atoms with Gasteiger partial charge < -0.3 is 5.32 Å². The molecule has 1 aliphatic heterocycles. The SMILES string of the molecule is CN(C)S(=O)(=O)c1cccc(S(=O)(=O)NC2CCNC2)c1. The third-order valence-corrected chi connectivity index (χ3v) is 6.61. The lowest BCUT2D eigenvalue weighted by Crippen LogP contribution is -2.36. The number of nitrogens with zero attached hydrogens (tertiary/aromatic N) is 1. The molecule has 118 valence electrons. The molecule has 2 rings (SSSR count). The number of rotatable bonds is 5. The van der Waals surface area contributed by atoms with Crippen LogP contribution in [0.3, 0.4) is 0 Å². The van der Waals surface area contributed by atoms with Gasteiger partial charge in [-0.15, -0.1) is 0 Å². The van der Waals surface area contributed by atoms with Crippen molar-refractivity contribution < 1.29 is 16.8 Å². The average Bonchev–Trinajstić information content (AvgIpc) is 2.91. The maximum absolute atomic E-state index is 12.3. The predicted octanol–water partition coefficient (Wildman–Crippen LogP) is -0.423. The topological polar surface area (TPSA) is 95.6 Å². The Kier molecular flexibility index (Phi) is 4.69. The molecule has 1 aromatic rings. The lowest BCUT2D eigenvalue weighted by Gasteiger charge is -2.14. The molecule has 1 atom stereocenters. The number of sulfonamides is 2. The predicted molar refractivity (Wildman–Crippen MR) is 78.9 cm³/mol. The Morgan fingerprint density at radius 1 is 1.19 bits per heavy atom. The van der Waals surface area contributed by atoms with Crippen molar-refractivity contribution in [3.05, 3.63) is 24.3 Å². The molecule has 0 radical (unpaired) electrons.